The number of rotatable bonds is 3. The van der Waals surface area contributed by atoms with E-state index in [0.29, 0.717) is 6.32 Å². The van der Waals surface area contributed by atoms with E-state index in [1.807, 2.05) is 30.3 Å². The van der Waals surface area contributed by atoms with Gasteiger partial charge in [-0.3, -0.25) is 5.26 Å². The molecule has 1 aromatic rings. The van der Waals surface area contributed by atoms with Crippen molar-refractivity contribution in [3.05, 3.63) is 35.9 Å². The molecule has 0 unspecified atom stereocenters. The Bertz CT molecular complexity index is 176. The topological polar surface area (TPSA) is 29.5 Å². The van der Waals surface area contributed by atoms with Crippen molar-refractivity contribution in [2.45, 2.75) is 6.32 Å². The highest BCUT2D eigenvalue weighted by Gasteiger charge is 1.92. The lowest BCUT2D eigenvalue weighted by Crippen LogP contribution is -1.98. The highest BCUT2D eigenvalue weighted by Crippen LogP contribution is 1.97. The summed E-state index contributed by atoms with van der Waals surface area (Å²) in [6.45, 7) is 0. The van der Waals surface area contributed by atoms with Crippen LogP contribution in [0.25, 0.3) is 0 Å². The van der Waals surface area contributed by atoms with Gasteiger partial charge in [-0.05, 0) is 6.32 Å². The molecule has 0 heterocycles. The molecule has 0 amide bonds. The van der Waals surface area contributed by atoms with Crippen molar-refractivity contribution in [1.29, 1.82) is 0 Å². The molecule has 0 fully saturated rings. The molecule has 0 aliphatic rings. The van der Waals surface area contributed by atoms with Crippen LogP contribution in [0.4, 0.5) is 0 Å². The van der Waals surface area contributed by atoms with Gasteiger partial charge in [0, 0.05) is 0 Å². The fourth-order valence-corrected chi connectivity index (χ4v) is 0.748. The standard InChI is InChI=1S/C7H8BO2/c9-10-8-6-7-4-2-1-3-5-7/h1-5,9H,6H2. The van der Waals surface area contributed by atoms with Crippen molar-refractivity contribution in [2.24, 2.45) is 0 Å². The largest absolute Gasteiger partial charge is 0.348 e. The van der Waals surface area contributed by atoms with Crippen LogP contribution in [0.3, 0.4) is 0 Å². The maximum Gasteiger partial charge on any atom is 0.348 e. The second kappa shape index (κ2) is 4.09. The Labute approximate surface area is 60.7 Å². The molecule has 2 nitrogen and oxygen atoms in total. The quantitative estimate of drug-likeness (QED) is 0.384. The van der Waals surface area contributed by atoms with E-state index < -0.39 is 0 Å². The van der Waals surface area contributed by atoms with E-state index in [9.17, 15) is 0 Å². The van der Waals surface area contributed by atoms with Crippen LogP contribution in [-0.2, 0) is 11.1 Å². The first-order valence-electron chi connectivity index (χ1n) is 3.09. The zero-order valence-corrected chi connectivity index (χ0v) is 5.53. The number of benzene rings is 1. The van der Waals surface area contributed by atoms with E-state index in [2.05, 4.69) is 4.81 Å². The molecule has 0 atom stereocenters. The maximum atomic E-state index is 7.97. The normalized spacial score (nSPS) is 9.30. The predicted molar refractivity (Wildman–Crippen MR) is 39.6 cm³/mol. The van der Waals surface area contributed by atoms with Gasteiger partial charge < -0.3 is 4.81 Å². The zero-order valence-electron chi connectivity index (χ0n) is 5.53. The third-order valence-corrected chi connectivity index (χ3v) is 1.24. The van der Waals surface area contributed by atoms with Crippen LogP contribution in [0, 0.1) is 0 Å². The van der Waals surface area contributed by atoms with E-state index >= 15 is 0 Å². The molecular formula is C7H8BO2. The first kappa shape index (κ1) is 7.31. The lowest BCUT2D eigenvalue weighted by Gasteiger charge is -1.94. The average molecular weight is 135 g/mol. The Hall–Kier alpha value is -0.795. The van der Waals surface area contributed by atoms with E-state index in [1.165, 1.54) is 7.48 Å². The third kappa shape index (κ3) is 2.21. The molecule has 0 aromatic heterocycles. The smallest absolute Gasteiger partial charge is 0.313 e. The third-order valence-electron chi connectivity index (χ3n) is 1.24. The Morgan fingerprint density at radius 1 is 1.30 bits per heavy atom. The summed E-state index contributed by atoms with van der Waals surface area (Å²) in [4.78, 5) is 3.82. The molecule has 51 valence electrons. The molecular weight excluding hydrogens is 127 g/mol. The Morgan fingerprint density at radius 3 is 2.60 bits per heavy atom. The van der Waals surface area contributed by atoms with E-state index in [-0.39, 0.29) is 0 Å². The molecule has 3 heteroatoms. The summed E-state index contributed by atoms with van der Waals surface area (Å²) in [6.07, 6.45) is 0.636. The summed E-state index contributed by atoms with van der Waals surface area (Å²) in [5, 5.41) is 7.97. The molecule has 0 aliphatic carbocycles. The summed E-state index contributed by atoms with van der Waals surface area (Å²) < 4.78 is 0. The molecule has 1 N–H and O–H groups in total. The van der Waals surface area contributed by atoms with Crippen LogP contribution in [0.15, 0.2) is 30.3 Å². The van der Waals surface area contributed by atoms with Gasteiger partial charge in [-0.2, -0.15) is 0 Å². The molecule has 0 saturated heterocycles. The van der Waals surface area contributed by atoms with Crippen LogP contribution in [0.1, 0.15) is 5.56 Å². The van der Waals surface area contributed by atoms with Gasteiger partial charge in [0.15, 0.2) is 0 Å². The van der Waals surface area contributed by atoms with E-state index in [0.717, 1.165) is 5.56 Å². The minimum absolute atomic E-state index is 0.636. The summed E-state index contributed by atoms with van der Waals surface area (Å²) in [5.41, 5.74) is 1.12. The summed E-state index contributed by atoms with van der Waals surface area (Å²) in [7, 11) is 1.34. The monoisotopic (exact) mass is 135 g/mol. The highest BCUT2D eigenvalue weighted by atomic mass is 17.1. The minimum atomic E-state index is 0.636. The van der Waals surface area contributed by atoms with Crippen LogP contribution < -0.4 is 0 Å². The molecule has 1 radical (unpaired) electrons. The van der Waals surface area contributed by atoms with Crippen LogP contribution in [-0.4, -0.2) is 12.7 Å². The van der Waals surface area contributed by atoms with Crippen molar-refractivity contribution in [1.82, 2.24) is 0 Å². The summed E-state index contributed by atoms with van der Waals surface area (Å²) >= 11 is 0. The predicted octanol–water partition coefficient (Wildman–Crippen LogP) is 1.30. The lowest BCUT2D eigenvalue weighted by molar-refractivity contribution is -0.138. The summed E-state index contributed by atoms with van der Waals surface area (Å²) in [6, 6.07) is 9.77. The number of hydrogen-bond acceptors (Lipinski definition) is 2. The van der Waals surface area contributed by atoms with Crippen molar-refractivity contribution in [3.8, 4) is 0 Å². The fraction of sp³-hybridized carbons (Fsp3) is 0.143. The average Bonchev–Trinajstić information content (AvgIpc) is 2.03. The molecule has 0 aliphatic heterocycles. The van der Waals surface area contributed by atoms with Gasteiger partial charge in [0.05, 0.1) is 0 Å². The molecule has 0 saturated carbocycles. The van der Waals surface area contributed by atoms with Gasteiger partial charge in [-0.1, -0.05) is 35.9 Å². The summed E-state index contributed by atoms with van der Waals surface area (Å²) in [5.74, 6) is 0. The Kier molecular flexibility index (Phi) is 2.99. The van der Waals surface area contributed by atoms with Crippen LogP contribution in [0.2, 0.25) is 0 Å². The fourth-order valence-electron chi connectivity index (χ4n) is 0.748. The van der Waals surface area contributed by atoms with Crippen LogP contribution in [0.5, 0.6) is 0 Å². The van der Waals surface area contributed by atoms with Crippen molar-refractivity contribution in [3.63, 3.8) is 0 Å². The van der Waals surface area contributed by atoms with E-state index in [1.54, 1.807) is 0 Å². The molecule has 1 rings (SSSR count). The highest BCUT2D eigenvalue weighted by molar-refractivity contribution is 6.26. The zero-order chi connectivity index (χ0) is 7.23. The SMILES string of the molecule is OO[B]Cc1ccccc1. The van der Waals surface area contributed by atoms with E-state index in [4.69, 9.17) is 5.26 Å². The van der Waals surface area contributed by atoms with Crippen molar-refractivity contribution in [2.75, 3.05) is 0 Å². The second-order valence-electron chi connectivity index (χ2n) is 1.96. The van der Waals surface area contributed by atoms with Gasteiger partial charge in [0.25, 0.3) is 0 Å². The maximum absolute atomic E-state index is 7.97. The molecule has 1 aromatic carbocycles. The van der Waals surface area contributed by atoms with Crippen LogP contribution >= 0.6 is 0 Å². The van der Waals surface area contributed by atoms with Crippen molar-refractivity contribution >= 4 is 7.48 Å². The molecule has 0 spiro atoms. The van der Waals surface area contributed by atoms with Gasteiger partial charge in [-0.15, -0.1) is 0 Å². The van der Waals surface area contributed by atoms with Crippen molar-refractivity contribution < 1.29 is 10.1 Å². The van der Waals surface area contributed by atoms with Gasteiger partial charge in [0.1, 0.15) is 0 Å². The number of hydrogen-bond donors (Lipinski definition) is 1. The van der Waals surface area contributed by atoms with Gasteiger partial charge in [0.2, 0.25) is 0 Å². The second-order valence-corrected chi connectivity index (χ2v) is 1.96. The molecule has 10 heavy (non-hydrogen) atoms. The Balaban J connectivity index is 2.43. The minimum Gasteiger partial charge on any atom is -0.313 e. The Morgan fingerprint density at radius 2 is 2.00 bits per heavy atom. The van der Waals surface area contributed by atoms with Gasteiger partial charge >= 0.3 is 7.48 Å². The lowest BCUT2D eigenvalue weighted by atomic mass is 9.90. The van der Waals surface area contributed by atoms with Gasteiger partial charge in [-0.25, -0.2) is 0 Å². The first-order valence-corrected chi connectivity index (χ1v) is 3.09. The first-order chi connectivity index (χ1) is 4.93. The molecule has 0 bridgehead atoms.